The summed E-state index contributed by atoms with van der Waals surface area (Å²) in [4.78, 5) is 8.36. The van der Waals surface area contributed by atoms with Crippen molar-refractivity contribution in [2.75, 3.05) is 0 Å². The Labute approximate surface area is 34.1 Å². The van der Waals surface area contributed by atoms with E-state index in [2.05, 4.69) is 7.72 Å². The van der Waals surface area contributed by atoms with E-state index in [1.165, 1.54) is 0 Å². The molecule has 0 aliphatic carbocycles. The molecule has 0 saturated carbocycles. The molecule has 5 nitrogen and oxygen atoms in total. The van der Waals surface area contributed by atoms with Crippen molar-refractivity contribution in [2.45, 2.75) is 0 Å². The first-order chi connectivity index (χ1) is 2.73. The third-order valence-corrected chi connectivity index (χ3v) is 0. The molecule has 0 rings (SSSR count). The van der Waals surface area contributed by atoms with E-state index in [1.807, 2.05) is 0 Å². The number of hydrogen-bond acceptors (Lipinski definition) is 3. The Morgan fingerprint density at radius 1 is 1.67 bits per heavy atom. The molecule has 0 fully saturated rings. The van der Waals surface area contributed by atoms with Crippen LogP contribution in [0.4, 0.5) is 0 Å². The van der Waals surface area contributed by atoms with E-state index < -0.39 is 5.09 Å². The molecule has 0 aromatic heterocycles. The third-order valence-electron chi connectivity index (χ3n) is 0. The van der Waals surface area contributed by atoms with Crippen LogP contribution in [-0.2, 0) is 4.70 Å². The van der Waals surface area contributed by atoms with Gasteiger partial charge in [0.15, 0.2) is 0 Å². The Kier molecular flexibility index (Phi) is 13.3. The average Bonchev–Trinajstić information content (AvgIpc) is 1.41. The molecule has 0 amide bonds. The Balaban J connectivity index is 0. The van der Waals surface area contributed by atoms with E-state index in [0.717, 1.165) is 0 Å². The van der Waals surface area contributed by atoms with Crippen LogP contribution in [0.25, 0.3) is 0 Å². The van der Waals surface area contributed by atoms with E-state index in [9.17, 15) is 0 Å². The van der Waals surface area contributed by atoms with Gasteiger partial charge in [0.25, 0.3) is 5.09 Å². The molecule has 33 valence electrons. The van der Waals surface area contributed by atoms with Crippen molar-refractivity contribution in [2.24, 2.45) is 0 Å². The summed E-state index contributed by atoms with van der Waals surface area (Å²) < 4.78 is 7.75. The van der Waals surface area contributed by atoms with Gasteiger partial charge in [-0.25, -0.2) is 0 Å². The number of nitrogens with zero attached hydrogens (tertiary/aromatic N) is 1. The minimum absolute atomic E-state index is 1.50. The maximum absolute atomic E-state index is 8.36. The Morgan fingerprint density at radius 3 is 1.67 bits per heavy atom. The second kappa shape index (κ2) is 8.96. The van der Waals surface area contributed by atoms with Gasteiger partial charge < -0.3 is 5.21 Å². The van der Waals surface area contributed by atoms with Gasteiger partial charge >= 0.3 is 12.4 Å². The minimum atomic E-state index is -1.50. The van der Waals surface area contributed by atoms with Crippen LogP contribution in [0.1, 0.15) is 0 Å². The van der Waals surface area contributed by atoms with Crippen molar-refractivity contribution in [3.05, 3.63) is 10.1 Å². The van der Waals surface area contributed by atoms with Crippen LogP contribution in [0.2, 0.25) is 0 Å². The van der Waals surface area contributed by atoms with E-state index in [0.29, 0.717) is 0 Å². The molecular formula is HBNO4. The first-order valence-electron chi connectivity index (χ1n) is 0.801. The molecule has 6 heavy (non-hydrogen) atoms. The molecular weight excluding hydrogens is 88.8 g/mol. The molecule has 0 unspecified atom stereocenters. The van der Waals surface area contributed by atoms with E-state index in [1.54, 1.807) is 0 Å². The average molecular weight is 89.8 g/mol. The zero-order valence-electron chi connectivity index (χ0n) is 2.70. The zero-order chi connectivity index (χ0) is 5.58. The molecule has 1 N–H and O–H groups in total. The van der Waals surface area contributed by atoms with E-state index >= 15 is 0 Å². The number of rotatable bonds is 0. The summed E-state index contributed by atoms with van der Waals surface area (Å²) in [6, 6.07) is 0. The Morgan fingerprint density at radius 2 is 1.67 bits per heavy atom. The molecule has 0 aromatic carbocycles. The molecule has 0 heterocycles. The fraction of sp³-hybridized carbons (Fsp3) is 0. The normalized spacial score (nSPS) is 4.50. The molecule has 6 heteroatoms. The molecule has 0 aliphatic heterocycles. The molecule has 0 atom stereocenters. The fourth-order valence-electron chi connectivity index (χ4n) is 0. The summed E-state index contributed by atoms with van der Waals surface area (Å²) in [6.45, 7) is 0. The van der Waals surface area contributed by atoms with Crippen molar-refractivity contribution < 1.29 is 15.0 Å². The standard InChI is InChI=1S/BO.HNO3/c1-2;2-1(3)4/h;(H,2,3,4). The van der Waals surface area contributed by atoms with Crippen molar-refractivity contribution in [1.82, 2.24) is 0 Å². The van der Waals surface area contributed by atoms with Crippen molar-refractivity contribution in [3.8, 4) is 0 Å². The molecule has 0 spiro atoms. The Bertz CT molecular complexity index is 38.8. The van der Waals surface area contributed by atoms with Crippen molar-refractivity contribution in [1.29, 1.82) is 0 Å². The van der Waals surface area contributed by atoms with Crippen LogP contribution in [0.15, 0.2) is 0 Å². The topological polar surface area (TPSA) is 80.4 Å². The van der Waals surface area contributed by atoms with Crippen LogP contribution in [0, 0.1) is 10.1 Å². The molecule has 0 aliphatic rings. The maximum atomic E-state index is 8.36. The predicted molar refractivity (Wildman–Crippen MR) is 15.2 cm³/mol. The summed E-state index contributed by atoms with van der Waals surface area (Å²) in [7, 11) is 3.25. The van der Waals surface area contributed by atoms with Gasteiger partial charge in [0.2, 0.25) is 0 Å². The van der Waals surface area contributed by atoms with Gasteiger partial charge in [0.1, 0.15) is 0 Å². The molecule has 0 bridgehead atoms. The van der Waals surface area contributed by atoms with Gasteiger partial charge in [0, 0.05) is 0 Å². The van der Waals surface area contributed by atoms with Gasteiger partial charge in [0.05, 0.1) is 0 Å². The predicted octanol–water partition coefficient (Wildman–Crippen LogP) is -0.847. The van der Waals surface area contributed by atoms with Crippen LogP contribution >= 0.6 is 0 Å². The SMILES string of the molecule is O=[N+]([O-])O.[B]=O. The van der Waals surface area contributed by atoms with E-state index in [-0.39, 0.29) is 0 Å². The fourth-order valence-corrected chi connectivity index (χ4v) is 0. The summed E-state index contributed by atoms with van der Waals surface area (Å²) in [5, 5.41) is 13.6. The van der Waals surface area contributed by atoms with Gasteiger partial charge in [-0.3, -0.25) is 0 Å². The van der Waals surface area contributed by atoms with Gasteiger partial charge in [-0.2, -0.15) is 0 Å². The van der Waals surface area contributed by atoms with Crippen molar-refractivity contribution in [3.63, 3.8) is 0 Å². The van der Waals surface area contributed by atoms with Gasteiger partial charge in [-0.1, -0.05) is 0 Å². The van der Waals surface area contributed by atoms with Crippen LogP contribution in [0.3, 0.4) is 0 Å². The van der Waals surface area contributed by atoms with Gasteiger partial charge in [-0.05, 0) is 0 Å². The molecule has 0 aromatic rings. The van der Waals surface area contributed by atoms with Gasteiger partial charge in [-0.15, -0.1) is 10.1 Å². The first-order valence-corrected chi connectivity index (χ1v) is 0.801. The Hall–Kier alpha value is -0.935. The second-order valence-electron chi connectivity index (χ2n) is 0.238. The zero-order valence-corrected chi connectivity index (χ0v) is 2.70. The summed E-state index contributed by atoms with van der Waals surface area (Å²) >= 11 is 0. The summed E-state index contributed by atoms with van der Waals surface area (Å²) in [6.07, 6.45) is 0. The van der Waals surface area contributed by atoms with Crippen LogP contribution in [-0.4, -0.2) is 18.0 Å². The summed E-state index contributed by atoms with van der Waals surface area (Å²) in [5.41, 5.74) is 0. The van der Waals surface area contributed by atoms with Crippen molar-refractivity contribution >= 4 is 7.72 Å². The van der Waals surface area contributed by atoms with Crippen LogP contribution in [0.5, 0.6) is 0 Å². The van der Waals surface area contributed by atoms with E-state index in [4.69, 9.17) is 20.0 Å². The first kappa shape index (κ1) is 8.91. The number of hydrogen-bond donors (Lipinski definition) is 1. The molecule has 0 saturated heterocycles. The third kappa shape index (κ3) is 14.9. The monoisotopic (exact) mass is 90.0 g/mol. The second-order valence-corrected chi connectivity index (χ2v) is 0.238. The molecule has 1 radical (unpaired) electrons. The quantitative estimate of drug-likeness (QED) is 0.238. The van der Waals surface area contributed by atoms with Crippen LogP contribution < -0.4 is 0 Å². The summed E-state index contributed by atoms with van der Waals surface area (Å²) in [5.74, 6) is 0.